The Morgan fingerprint density at radius 3 is 2.59 bits per heavy atom. The summed E-state index contributed by atoms with van der Waals surface area (Å²) in [6.45, 7) is 9.53. The summed E-state index contributed by atoms with van der Waals surface area (Å²) in [5.74, 6) is 0.505. The first-order valence-electron chi connectivity index (χ1n) is 6.25. The molecule has 0 fully saturated rings. The quantitative estimate of drug-likeness (QED) is 0.814. The van der Waals surface area contributed by atoms with E-state index in [9.17, 15) is 0 Å². The fraction of sp³-hybridized carbons (Fsp3) is 0.769. The fourth-order valence-electron chi connectivity index (χ4n) is 2.15. The van der Waals surface area contributed by atoms with E-state index in [0.717, 1.165) is 18.7 Å². The first-order chi connectivity index (χ1) is 8.08. The van der Waals surface area contributed by atoms with E-state index in [1.54, 1.807) is 18.4 Å². The summed E-state index contributed by atoms with van der Waals surface area (Å²) < 4.78 is 5.62. The maximum atomic E-state index is 5.62. The van der Waals surface area contributed by atoms with Crippen molar-refractivity contribution in [3.63, 3.8) is 0 Å². The van der Waals surface area contributed by atoms with Gasteiger partial charge in [0.15, 0.2) is 0 Å². The molecule has 0 spiro atoms. The maximum absolute atomic E-state index is 5.62. The summed E-state index contributed by atoms with van der Waals surface area (Å²) >= 11 is 1.74. The van der Waals surface area contributed by atoms with E-state index in [2.05, 4.69) is 36.5 Å². The van der Waals surface area contributed by atoms with Gasteiger partial charge in [-0.15, -0.1) is 11.3 Å². The highest BCUT2D eigenvalue weighted by Crippen LogP contribution is 2.17. The van der Waals surface area contributed by atoms with Gasteiger partial charge in [-0.25, -0.2) is 4.98 Å². The van der Waals surface area contributed by atoms with E-state index in [1.165, 1.54) is 5.01 Å². The van der Waals surface area contributed by atoms with Gasteiger partial charge in [0.05, 0.1) is 11.1 Å². The molecule has 0 radical (unpaired) electrons. The van der Waals surface area contributed by atoms with Crippen molar-refractivity contribution >= 4 is 11.3 Å². The Balaban J connectivity index is 2.70. The van der Waals surface area contributed by atoms with Crippen LogP contribution in [0.15, 0.2) is 5.38 Å². The lowest BCUT2D eigenvalue weighted by atomic mass is 9.97. The Bertz CT molecular complexity index is 325. The molecule has 1 aromatic rings. The molecule has 1 N–H and O–H groups in total. The Hall–Kier alpha value is -0.450. The van der Waals surface area contributed by atoms with Gasteiger partial charge in [-0.2, -0.15) is 0 Å². The topological polar surface area (TPSA) is 34.2 Å². The third-order valence-corrected chi connectivity index (χ3v) is 3.84. The van der Waals surface area contributed by atoms with Crippen molar-refractivity contribution in [3.8, 4) is 0 Å². The molecule has 98 valence electrons. The average molecular weight is 256 g/mol. The predicted octanol–water partition coefficient (Wildman–Crippen LogP) is 2.64. The highest BCUT2D eigenvalue weighted by Gasteiger charge is 2.24. The van der Waals surface area contributed by atoms with E-state index in [0.29, 0.717) is 12.0 Å². The Labute approximate surface area is 109 Å². The van der Waals surface area contributed by atoms with Crippen molar-refractivity contribution in [3.05, 3.63) is 16.1 Å². The zero-order valence-electron chi connectivity index (χ0n) is 11.5. The summed E-state index contributed by atoms with van der Waals surface area (Å²) in [6, 6.07) is 0.343. The monoisotopic (exact) mass is 256 g/mol. The first kappa shape index (κ1) is 14.6. The number of hydrogen-bond donors (Lipinski definition) is 1. The van der Waals surface area contributed by atoms with Crippen LogP contribution in [0.25, 0.3) is 0 Å². The number of thiazole rings is 1. The number of ether oxygens (including phenoxy) is 1. The van der Waals surface area contributed by atoms with E-state index < -0.39 is 0 Å². The maximum Gasteiger partial charge on any atom is 0.0944 e. The standard InChI is InChI=1S/C13H24N2OS/c1-6-14-11(13(16-5)9(2)3)7-12-15-10(4)8-17-12/h8-9,11,13-14H,6-7H2,1-5H3. The van der Waals surface area contributed by atoms with E-state index in [1.807, 2.05) is 6.92 Å². The largest absolute Gasteiger partial charge is 0.380 e. The lowest BCUT2D eigenvalue weighted by molar-refractivity contribution is 0.0337. The van der Waals surface area contributed by atoms with Crippen molar-refractivity contribution in [1.82, 2.24) is 10.3 Å². The van der Waals surface area contributed by atoms with Crippen LogP contribution in [0, 0.1) is 12.8 Å². The predicted molar refractivity (Wildman–Crippen MR) is 73.7 cm³/mol. The minimum Gasteiger partial charge on any atom is -0.380 e. The molecule has 0 saturated heterocycles. The highest BCUT2D eigenvalue weighted by molar-refractivity contribution is 7.09. The van der Waals surface area contributed by atoms with Crippen LogP contribution in [-0.4, -0.2) is 30.8 Å². The van der Waals surface area contributed by atoms with Crippen molar-refractivity contribution in [1.29, 1.82) is 0 Å². The number of rotatable bonds is 7. The van der Waals surface area contributed by atoms with E-state index in [4.69, 9.17) is 4.74 Å². The first-order valence-corrected chi connectivity index (χ1v) is 7.13. The summed E-state index contributed by atoms with van der Waals surface area (Å²) in [4.78, 5) is 4.53. The second-order valence-electron chi connectivity index (χ2n) is 4.70. The van der Waals surface area contributed by atoms with Crippen molar-refractivity contribution in [2.45, 2.75) is 46.3 Å². The highest BCUT2D eigenvalue weighted by atomic mass is 32.1. The number of methoxy groups -OCH3 is 1. The molecule has 0 aromatic carbocycles. The van der Waals surface area contributed by atoms with Crippen LogP contribution in [0.3, 0.4) is 0 Å². The SMILES string of the molecule is CCNC(Cc1nc(C)cs1)C(OC)C(C)C. The van der Waals surface area contributed by atoms with Crippen LogP contribution < -0.4 is 5.32 Å². The second-order valence-corrected chi connectivity index (χ2v) is 5.64. The molecule has 1 heterocycles. The molecule has 3 nitrogen and oxygen atoms in total. The second kappa shape index (κ2) is 7.09. The molecule has 0 amide bonds. The number of aromatic nitrogens is 1. The molecule has 0 aliphatic rings. The summed E-state index contributed by atoms with van der Waals surface area (Å²) in [7, 11) is 1.79. The van der Waals surface area contributed by atoms with Crippen LogP contribution in [0.4, 0.5) is 0 Å². The molecule has 4 heteroatoms. The molecule has 0 aliphatic heterocycles. The number of likely N-dealkylation sites (N-methyl/N-ethyl adjacent to an activating group) is 1. The molecule has 0 bridgehead atoms. The van der Waals surface area contributed by atoms with Gasteiger partial charge in [-0.1, -0.05) is 20.8 Å². The van der Waals surface area contributed by atoms with Gasteiger partial charge in [0.25, 0.3) is 0 Å². The van der Waals surface area contributed by atoms with Crippen LogP contribution in [0.2, 0.25) is 0 Å². The molecule has 0 saturated carbocycles. The van der Waals surface area contributed by atoms with E-state index in [-0.39, 0.29) is 6.10 Å². The Kier molecular flexibility index (Phi) is 6.09. The third kappa shape index (κ3) is 4.37. The van der Waals surface area contributed by atoms with Crippen LogP contribution in [0.1, 0.15) is 31.5 Å². The zero-order chi connectivity index (χ0) is 12.8. The molecule has 17 heavy (non-hydrogen) atoms. The molecular formula is C13H24N2OS. The fourth-order valence-corrected chi connectivity index (χ4v) is 2.98. The van der Waals surface area contributed by atoms with Gasteiger partial charge in [0.2, 0.25) is 0 Å². The molecular weight excluding hydrogens is 232 g/mol. The minimum atomic E-state index is 0.235. The Morgan fingerprint density at radius 2 is 2.18 bits per heavy atom. The smallest absolute Gasteiger partial charge is 0.0944 e. The average Bonchev–Trinajstić information content (AvgIpc) is 2.64. The number of aryl methyl sites for hydroxylation is 1. The summed E-state index contributed by atoms with van der Waals surface area (Å²) in [6.07, 6.45) is 1.18. The summed E-state index contributed by atoms with van der Waals surface area (Å²) in [5.41, 5.74) is 1.11. The van der Waals surface area contributed by atoms with E-state index >= 15 is 0 Å². The molecule has 0 aliphatic carbocycles. The van der Waals surface area contributed by atoms with Crippen LogP contribution >= 0.6 is 11.3 Å². The lowest BCUT2D eigenvalue weighted by Gasteiger charge is -2.29. The third-order valence-electron chi connectivity index (χ3n) is 2.85. The van der Waals surface area contributed by atoms with Gasteiger partial charge in [0, 0.05) is 30.6 Å². The number of nitrogens with zero attached hydrogens (tertiary/aromatic N) is 1. The van der Waals surface area contributed by atoms with Gasteiger partial charge >= 0.3 is 0 Å². The summed E-state index contributed by atoms with van der Waals surface area (Å²) in [5, 5.41) is 6.81. The zero-order valence-corrected chi connectivity index (χ0v) is 12.3. The van der Waals surface area contributed by atoms with Gasteiger partial charge in [-0.3, -0.25) is 0 Å². The van der Waals surface area contributed by atoms with Crippen molar-refractivity contribution in [2.75, 3.05) is 13.7 Å². The number of hydrogen-bond acceptors (Lipinski definition) is 4. The van der Waals surface area contributed by atoms with Gasteiger partial charge in [0.1, 0.15) is 0 Å². The Morgan fingerprint density at radius 1 is 1.47 bits per heavy atom. The normalized spacial score (nSPS) is 15.2. The number of nitrogens with one attached hydrogen (secondary N) is 1. The molecule has 1 rings (SSSR count). The van der Waals surface area contributed by atoms with Crippen LogP contribution in [0.5, 0.6) is 0 Å². The molecule has 1 aromatic heterocycles. The van der Waals surface area contributed by atoms with Crippen molar-refractivity contribution < 1.29 is 4.74 Å². The van der Waals surface area contributed by atoms with Crippen LogP contribution in [-0.2, 0) is 11.2 Å². The van der Waals surface area contributed by atoms with Gasteiger partial charge in [-0.05, 0) is 19.4 Å². The van der Waals surface area contributed by atoms with Crippen molar-refractivity contribution in [2.24, 2.45) is 5.92 Å². The molecule has 2 unspecified atom stereocenters. The molecule has 2 atom stereocenters. The minimum absolute atomic E-state index is 0.235. The van der Waals surface area contributed by atoms with Gasteiger partial charge < -0.3 is 10.1 Å². The lowest BCUT2D eigenvalue weighted by Crippen LogP contribution is -2.45.